The molecule has 0 aliphatic heterocycles. The predicted molar refractivity (Wildman–Crippen MR) is 69.4 cm³/mol. The van der Waals surface area contributed by atoms with Crippen molar-refractivity contribution in [2.45, 2.75) is 13.8 Å². The van der Waals surface area contributed by atoms with E-state index in [-0.39, 0.29) is 5.75 Å². The zero-order valence-electron chi connectivity index (χ0n) is 10.1. The van der Waals surface area contributed by atoms with Crippen molar-refractivity contribution < 1.29 is 9.90 Å². The highest BCUT2D eigenvalue weighted by atomic mass is 16.3. The van der Waals surface area contributed by atoms with Gasteiger partial charge in [0.15, 0.2) is 6.29 Å². The van der Waals surface area contributed by atoms with E-state index in [4.69, 9.17) is 5.11 Å². The van der Waals surface area contributed by atoms with Crippen molar-refractivity contribution >= 4 is 6.29 Å². The molecule has 0 saturated heterocycles. The summed E-state index contributed by atoms with van der Waals surface area (Å²) in [6, 6.07) is 14.8. The van der Waals surface area contributed by atoms with Crippen LogP contribution in [0.2, 0.25) is 0 Å². The molecule has 0 aromatic heterocycles. The van der Waals surface area contributed by atoms with Crippen molar-refractivity contribution in [3.05, 3.63) is 65.2 Å². The lowest BCUT2D eigenvalue weighted by Crippen LogP contribution is -1.77. The number of aryl methyl sites for hydroxylation is 2. The minimum atomic E-state index is 0.0347. The maximum absolute atomic E-state index is 10.1. The molecule has 0 unspecified atom stereocenters. The summed E-state index contributed by atoms with van der Waals surface area (Å²) in [5, 5.41) is 8.88. The Kier molecular flexibility index (Phi) is 4.95. The van der Waals surface area contributed by atoms with Gasteiger partial charge in [-0.3, -0.25) is 4.79 Å². The SMILES string of the molecule is Cc1ccccc1C.O=Cc1ccccc1O. The third kappa shape index (κ3) is 4.11. The number of hydrogen-bond donors (Lipinski definition) is 1. The van der Waals surface area contributed by atoms with Crippen LogP contribution in [0.1, 0.15) is 21.5 Å². The summed E-state index contributed by atoms with van der Waals surface area (Å²) in [5.74, 6) is 0.0347. The van der Waals surface area contributed by atoms with Gasteiger partial charge in [0, 0.05) is 0 Å². The summed E-state index contributed by atoms with van der Waals surface area (Å²) in [7, 11) is 0. The van der Waals surface area contributed by atoms with Crippen LogP contribution < -0.4 is 0 Å². The molecule has 88 valence electrons. The normalized spacial score (nSPS) is 9.06. The van der Waals surface area contributed by atoms with Crippen LogP contribution in [0.15, 0.2) is 48.5 Å². The maximum atomic E-state index is 10.1. The number of aldehydes is 1. The fourth-order valence-electron chi connectivity index (χ4n) is 1.25. The van der Waals surface area contributed by atoms with Crippen molar-refractivity contribution in [1.82, 2.24) is 0 Å². The van der Waals surface area contributed by atoms with E-state index in [0.29, 0.717) is 11.8 Å². The Bertz CT molecular complexity index is 469. The van der Waals surface area contributed by atoms with Gasteiger partial charge in [-0.15, -0.1) is 0 Å². The summed E-state index contributed by atoms with van der Waals surface area (Å²) in [6.45, 7) is 4.24. The Hall–Kier alpha value is -2.09. The van der Waals surface area contributed by atoms with Crippen molar-refractivity contribution in [3.63, 3.8) is 0 Å². The van der Waals surface area contributed by atoms with Crippen LogP contribution in [-0.2, 0) is 0 Å². The second-order valence-corrected chi connectivity index (χ2v) is 3.76. The Labute approximate surface area is 102 Å². The molecule has 0 heterocycles. The summed E-state index contributed by atoms with van der Waals surface area (Å²) in [6.07, 6.45) is 0.620. The molecule has 0 saturated carbocycles. The first-order valence-electron chi connectivity index (χ1n) is 5.40. The van der Waals surface area contributed by atoms with E-state index in [2.05, 4.69) is 38.1 Å². The quantitative estimate of drug-likeness (QED) is 0.758. The summed E-state index contributed by atoms with van der Waals surface area (Å²) in [4.78, 5) is 10.1. The highest BCUT2D eigenvalue weighted by molar-refractivity contribution is 5.78. The van der Waals surface area contributed by atoms with Crippen LogP contribution in [-0.4, -0.2) is 11.4 Å². The molecule has 0 fully saturated rings. The maximum Gasteiger partial charge on any atom is 0.153 e. The van der Waals surface area contributed by atoms with Gasteiger partial charge in [0.05, 0.1) is 5.56 Å². The van der Waals surface area contributed by atoms with Gasteiger partial charge in [-0.25, -0.2) is 0 Å². The first kappa shape index (κ1) is 13.0. The number of carbonyl (C=O) groups is 1. The van der Waals surface area contributed by atoms with Gasteiger partial charge in [0.2, 0.25) is 0 Å². The lowest BCUT2D eigenvalue weighted by atomic mass is 10.1. The van der Waals surface area contributed by atoms with E-state index in [9.17, 15) is 4.79 Å². The van der Waals surface area contributed by atoms with Gasteiger partial charge in [-0.2, -0.15) is 0 Å². The standard InChI is InChI=1S/C8H10.C7H6O2/c1-7-5-3-4-6-8(7)2;8-5-6-3-1-2-4-7(6)9/h3-6H,1-2H3;1-5,9H. The lowest BCUT2D eigenvalue weighted by Gasteiger charge is -1.93. The van der Waals surface area contributed by atoms with E-state index in [1.165, 1.54) is 17.2 Å². The number of aromatic hydroxyl groups is 1. The number of benzene rings is 2. The zero-order chi connectivity index (χ0) is 12.7. The molecular formula is C15H16O2. The third-order valence-corrected chi connectivity index (χ3v) is 2.49. The highest BCUT2D eigenvalue weighted by Crippen LogP contribution is 2.11. The molecule has 2 heteroatoms. The van der Waals surface area contributed by atoms with Crippen molar-refractivity contribution in [1.29, 1.82) is 0 Å². The number of phenols is 1. The monoisotopic (exact) mass is 228 g/mol. The molecule has 17 heavy (non-hydrogen) atoms. The summed E-state index contributed by atoms with van der Waals surface area (Å²) in [5.41, 5.74) is 3.07. The molecule has 0 aliphatic carbocycles. The van der Waals surface area contributed by atoms with Gasteiger partial charge in [0.1, 0.15) is 5.75 Å². The Balaban J connectivity index is 0.000000171. The van der Waals surface area contributed by atoms with E-state index >= 15 is 0 Å². The third-order valence-electron chi connectivity index (χ3n) is 2.49. The molecule has 2 aromatic rings. The first-order valence-corrected chi connectivity index (χ1v) is 5.40. The Morgan fingerprint density at radius 3 is 1.71 bits per heavy atom. The highest BCUT2D eigenvalue weighted by Gasteiger charge is 1.93. The van der Waals surface area contributed by atoms with Gasteiger partial charge in [-0.1, -0.05) is 36.4 Å². The van der Waals surface area contributed by atoms with Gasteiger partial charge in [0.25, 0.3) is 0 Å². The van der Waals surface area contributed by atoms with Gasteiger partial charge in [-0.05, 0) is 37.1 Å². The molecule has 0 radical (unpaired) electrons. The predicted octanol–water partition coefficient (Wildman–Crippen LogP) is 3.51. The summed E-state index contributed by atoms with van der Waals surface area (Å²) >= 11 is 0. The van der Waals surface area contributed by atoms with E-state index in [1.54, 1.807) is 18.2 Å². The largest absolute Gasteiger partial charge is 0.507 e. The number of rotatable bonds is 1. The van der Waals surface area contributed by atoms with E-state index in [0.717, 1.165) is 0 Å². The van der Waals surface area contributed by atoms with Crippen LogP contribution >= 0.6 is 0 Å². The molecule has 0 aliphatic rings. The second kappa shape index (κ2) is 6.48. The topological polar surface area (TPSA) is 37.3 Å². The number of para-hydroxylation sites is 1. The molecule has 0 bridgehead atoms. The minimum absolute atomic E-state index is 0.0347. The van der Waals surface area contributed by atoms with Gasteiger partial charge < -0.3 is 5.11 Å². The first-order chi connectivity index (χ1) is 8.15. The molecule has 2 rings (SSSR count). The summed E-state index contributed by atoms with van der Waals surface area (Å²) < 4.78 is 0. The van der Waals surface area contributed by atoms with Crippen molar-refractivity contribution in [2.24, 2.45) is 0 Å². The van der Waals surface area contributed by atoms with Crippen LogP contribution in [0.25, 0.3) is 0 Å². The van der Waals surface area contributed by atoms with E-state index in [1.807, 2.05) is 0 Å². The molecule has 2 nitrogen and oxygen atoms in total. The second-order valence-electron chi connectivity index (χ2n) is 3.76. The average Bonchev–Trinajstić information content (AvgIpc) is 2.34. The van der Waals surface area contributed by atoms with E-state index < -0.39 is 0 Å². The lowest BCUT2D eigenvalue weighted by molar-refractivity contribution is 0.112. The number of phenolic OH excluding ortho intramolecular Hbond substituents is 1. The average molecular weight is 228 g/mol. The molecular weight excluding hydrogens is 212 g/mol. The molecule has 0 spiro atoms. The van der Waals surface area contributed by atoms with Crippen LogP contribution in [0, 0.1) is 13.8 Å². The van der Waals surface area contributed by atoms with Crippen molar-refractivity contribution in [2.75, 3.05) is 0 Å². The number of carbonyl (C=O) groups excluding carboxylic acids is 1. The minimum Gasteiger partial charge on any atom is -0.507 e. The van der Waals surface area contributed by atoms with Crippen LogP contribution in [0.4, 0.5) is 0 Å². The molecule has 2 aromatic carbocycles. The van der Waals surface area contributed by atoms with Crippen LogP contribution in [0.5, 0.6) is 5.75 Å². The molecule has 1 N–H and O–H groups in total. The molecule has 0 amide bonds. The fourth-order valence-corrected chi connectivity index (χ4v) is 1.25. The Morgan fingerprint density at radius 1 is 0.882 bits per heavy atom. The van der Waals surface area contributed by atoms with Crippen molar-refractivity contribution in [3.8, 4) is 5.75 Å². The fraction of sp³-hybridized carbons (Fsp3) is 0.133. The smallest absolute Gasteiger partial charge is 0.153 e. The van der Waals surface area contributed by atoms with Crippen LogP contribution in [0.3, 0.4) is 0 Å². The van der Waals surface area contributed by atoms with Gasteiger partial charge >= 0.3 is 0 Å². The zero-order valence-corrected chi connectivity index (χ0v) is 10.1. The number of hydrogen-bond acceptors (Lipinski definition) is 2. The molecule has 0 atom stereocenters. The Morgan fingerprint density at radius 2 is 1.35 bits per heavy atom.